The molecule has 0 aliphatic rings. The number of esters is 1. The smallest absolute Gasteiger partial charge is 0.343 e. The summed E-state index contributed by atoms with van der Waals surface area (Å²) in [6.45, 7) is 6.62. The Balaban J connectivity index is 1.75. The number of fused-ring (bicyclic) bond motifs is 1. The SMILES string of the molecule is CCCN(Cc1ccccc1)Cc1c(-c2ccc(OC)cc2)sc2c1c(=O)c(C(=O)OCC)cn2Cc1ccccc1OC. The van der Waals surface area contributed by atoms with Crippen molar-refractivity contribution in [3.05, 3.63) is 118 Å². The summed E-state index contributed by atoms with van der Waals surface area (Å²) in [7, 11) is 3.29. The summed E-state index contributed by atoms with van der Waals surface area (Å²) in [6, 6.07) is 26.1. The van der Waals surface area contributed by atoms with Crippen LogP contribution in [0.2, 0.25) is 0 Å². The molecular formula is C36H38N2O5S. The van der Waals surface area contributed by atoms with Crippen molar-refractivity contribution in [3.8, 4) is 21.9 Å². The summed E-state index contributed by atoms with van der Waals surface area (Å²) in [5.74, 6) is 0.876. The van der Waals surface area contributed by atoms with Crippen LogP contribution in [0.5, 0.6) is 11.5 Å². The van der Waals surface area contributed by atoms with Crippen molar-refractivity contribution in [1.29, 1.82) is 0 Å². The van der Waals surface area contributed by atoms with Crippen LogP contribution >= 0.6 is 11.3 Å². The van der Waals surface area contributed by atoms with Crippen molar-refractivity contribution in [2.75, 3.05) is 27.4 Å². The molecule has 0 spiro atoms. The fourth-order valence-electron chi connectivity index (χ4n) is 5.51. The third kappa shape index (κ3) is 6.72. The standard InChI is InChI=1S/C36H38N2O5S/c1-5-20-37(21-25-12-8-7-9-13-25)23-29-32-33(39)30(36(40)43-6-2)24-38(22-27-14-10-11-15-31(27)42-4)35(32)44-34(29)26-16-18-28(41-3)19-17-26/h7-19,24H,5-6,20-23H2,1-4H3. The monoisotopic (exact) mass is 610 g/mol. The number of pyridine rings is 1. The van der Waals surface area contributed by atoms with Gasteiger partial charge in [0.15, 0.2) is 0 Å². The molecule has 0 saturated carbocycles. The third-order valence-electron chi connectivity index (χ3n) is 7.56. The number of para-hydroxylation sites is 1. The Morgan fingerprint density at radius 2 is 1.61 bits per heavy atom. The molecule has 8 heteroatoms. The van der Waals surface area contributed by atoms with Gasteiger partial charge < -0.3 is 18.8 Å². The van der Waals surface area contributed by atoms with Crippen molar-refractivity contribution in [3.63, 3.8) is 0 Å². The first-order valence-corrected chi connectivity index (χ1v) is 15.7. The highest BCUT2D eigenvalue weighted by atomic mass is 32.1. The lowest BCUT2D eigenvalue weighted by Gasteiger charge is -2.22. The number of benzene rings is 3. The summed E-state index contributed by atoms with van der Waals surface area (Å²) >= 11 is 1.57. The molecule has 0 amide bonds. The van der Waals surface area contributed by atoms with Gasteiger partial charge in [0.25, 0.3) is 0 Å². The molecule has 0 radical (unpaired) electrons. The van der Waals surface area contributed by atoms with Gasteiger partial charge in [-0.1, -0.05) is 55.5 Å². The minimum absolute atomic E-state index is 0.0275. The van der Waals surface area contributed by atoms with Crippen molar-refractivity contribution < 1.29 is 19.0 Å². The van der Waals surface area contributed by atoms with E-state index in [1.165, 1.54) is 5.56 Å². The van der Waals surface area contributed by atoms with Gasteiger partial charge in [0.2, 0.25) is 5.43 Å². The zero-order chi connectivity index (χ0) is 31.1. The first-order chi connectivity index (χ1) is 21.5. The van der Waals surface area contributed by atoms with E-state index in [0.29, 0.717) is 18.5 Å². The molecule has 0 bridgehead atoms. The highest BCUT2D eigenvalue weighted by molar-refractivity contribution is 7.22. The van der Waals surface area contributed by atoms with Gasteiger partial charge in [0.05, 0.1) is 32.8 Å². The van der Waals surface area contributed by atoms with Gasteiger partial charge in [0.1, 0.15) is 21.9 Å². The Kier molecular flexibility index (Phi) is 10.1. The molecule has 0 aliphatic carbocycles. The van der Waals surface area contributed by atoms with Crippen LogP contribution in [-0.4, -0.2) is 42.8 Å². The van der Waals surface area contributed by atoms with Crippen LogP contribution in [-0.2, 0) is 24.4 Å². The number of thiophene rings is 1. The maximum atomic E-state index is 14.3. The quantitative estimate of drug-likeness (QED) is 0.130. The van der Waals surface area contributed by atoms with Crippen molar-refractivity contribution in [2.45, 2.75) is 39.9 Å². The van der Waals surface area contributed by atoms with E-state index in [-0.39, 0.29) is 17.6 Å². The van der Waals surface area contributed by atoms with Gasteiger partial charge in [-0.25, -0.2) is 4.79 Å². The molecule has 0 saturated heterocycles. The minimum Gasteiger partial charge on any atom is -0.497 e. The fraction of sp³-hybridized carbons (Fsp3) is 0.278. The number of hydrogen-bond acceptors (Lipinski definition) is 7. The molecular weight excluding hydrogens is 572 g/mol. The number of rotatable bonds is 13. The second kappa shape index (κ2) is 14.4. The lowest BCUT2D eigenvalue weighted by atomic mass is 10.0. The summed E-state index contributed by atoms with van der Waals surface area (Å²) in [5.41, 5.74) is 3.75. The fourth-order valence-corrected chi connectivity index (χ4v) is 6.80. The van der Waals surface area contributed by atoms with Crippen LogP contribution in [0, 0.1) is 0 Å². The van der Waals surface area contributed by atoms with Crippen LogP contribution < -0.4 is 14.9 Å². The first-order valence-electron chi connectivity index (χ1n) is 14.9. The highest BCUT2D eigenvalue weighted by Crippen LogP contribution is 2.40. The van der Waals surface area contributed by atoms with Gasteiger partial charge in [-0.3, -0.25) is 9.69 Å². The number of aromatic nitrogens is 1. The molecule has 7 nitrogen and oxygen atoms in total. The van der Waals surface area contributed by atoms with Gasteiger partial charge in [-0.2, -0.15) is 0 Å². The topological polar surface area (TPSA) is 70.0 Å². The molecule has 5 rings (SSSR count). The Bertz CT molecular complexity index is 1780. The zero-order valence-corrected chi connectivity index (χ0v) is 26.5. The number of ether oxygens (including phenoxy) is 3. The molecule has 228 valence electrons. The lowest BCUT2D eigenvalue weighted by molar-refractivity contribution is 0.0524. The maximum Gasteiger partial charge on any atom is 0.343 e. The van der Waals surface area contributed by atoms with Crippen molar-refractivity contribution >= 4 is 27.5 Å². The number of carbonyl (C=O) groups is 1. The molecule has 3 aromatic carbocycles. The molecule has 5 aromatic rings. The summed E-state index contributed by atoms with van der Waals surface area (Å²) in [6.07, 6.45) is 2.60. The molecule has 2 heterocycles. The van der Waals surface area contributed by atoms with Crippen molar-refractivity contribution in [1.82, 2.24) is 9.47 Å². The lowest BCUT2D eigenvalue weighted by Crippen LogP contribution is -2.25. The second-order valence-electron chi connectivity index (χ2n) is 10.5. The van der Waals surface area contributed by atoms with E-state index >= 15 is 0 Å². The Morgan fingerprint density at radius 3 is 2.30 bits per heavy atom. The van der Waals surface area contributed by atoms with Crippen molar-refractivity contribution in [2.24, 2.45) is 0 Å². The number of carbonyl (C=O) groups excluding carboxylic acids is 1. The predicted octanol–water partition coefficient (Wildman–Crippen LogP) is 7.38. The number of nitrogens with zero attached hydrogens (tertiary/aromatic N) is 2. The first kappa shape index (κ1) is 31.0. The van der Waals surface area contributed by atoms with Gasteiger partial charge in [-0.15, -0.1) is 11.3 Å². The highest BCUT2D eigenvalue weighted by Gasteiger charge is 2.25. The van der Waals surface area contributed by atoms with Gasteiger partial charge in [-0.05, 0) is 66.9 Å². The average Bonchev–Trinajstić information content (AvgIpc) is 3.43. The van der Waals surface area contributed by atoms with E-state index in [2.05, 4.69) is 24.0 Å². The zero-order valence-electron chi connectivity index (χ0n) is 25.7. The number of hydrogen-bond donors (Lipinski definition) is 0. The molecule has 0 N–H and O–H groups in total. The van der Waals surface area contributed by atoms with Crippen LogP contribution in [0.4, 0.5) is 0 Å². The Labute approximate surface area is 262 Å². The largest absolute Gasteiger partial charge is 0.497 e. The summed E-state index contributed by atoms with van der Waals surface area (Å²) < 4.78 is 18.4. The van der Waals surface area contributed by atoms with Crippen LogP contribution in [0.3, 0.4) is 0 Å². The molecule has 0 unspecified atom stereocenters. The van der Waals surface area contributed by atoms with E-state index in [0.717, 1.165) is 57.4 Å². The molecule has 44 heavy (non-hydrogen) atoms. The maximum absolute atomic E-state index is 14.3. The minimum atomic E-state index is -0.619. The van der Waals surface area contributed by atoms with E-state index in [9.17, 15) is 9.59 Å². The van der Waals surface area contributed by atoms with E-state index in [1.54, 1.807) is 38.7 Å². The predicted molar refractivity (Wildman–Crippen MR) is 177 cm³/mol. The second-order valence-corrected chi connectivity index (χ2v) is 11.5. The normalized spacial score (nSPS) is 11.2. The molecule has 0 aliphatic heterocycles. The Morgan fingerprint density at radius 1 is 0.886 bits per heavy atom. The van der Waals surface area contributed by atoms with Crippen LogP contribution in [0.1, 0.15) is 47.3 Å². The number of methoxy groups -OCH3 is 2. The molecule has 2 aromatic heterocycles. The van der Waals surface area contributed by atoms with Gasteiger partial charge in [0, 0.05) is 29.7 Å². The summed E-state index contributed by atoms with van der Waals surface area (Å²) in [5, 5.41) is 0.551. The summed E-state index contributed by atoms with van der Waals surface area (Å²) in [4.78, 5) is 31.6. The van der Waals surface area contributed by atoms with E-state index in [1.807, 2.05) is 71.3 Å². The van der Waals surface area contributed by atoms with Crippen LogP contribution in [0.25, 0.3) is 20.7 Å². The van der Waals surface area contributed by atoms with Gasteiger partial charge >= 0.3 is 5.97 Å². The average molecular weight is 611 g/mol. The third-order valence-corrected chi connectivity index (χ3v) is 8.88. The molecule has 0 fully saturated rings. The van der Waals surface area contributed by atoms with Crippen LogP contribution in [0.15, 0.2) is 89.9 Å². The molecule has 0 atom stereocenters. The van der Waals surface area contributed by atoms with E-state index in [4.69, 9.17) is 14.2 Å². The Hall–Kier alpha value is -4.40. The van der Waals surface area contributed by atoms with E-state index < -0.39 is 5.97 Å².